The molecular formula is C25H29F3N8O3. The number of nitrogens with zero attached hydrogens (tertiary/aromatic N) is 6. The van der Waals surface area contributed by atoms with Gasteiger partial charge in [0.1, 0.15) is 29.5 Å². The maximum atomic E-state index is 14.9. The molecule has 2 aliphatic heterocycles. The largest absolute Gasteiger partial charge is 0.494 e. The summed E-state index contributed by atoms with van der Waals surface area (Å²) in [6.45, 7) is 4.86. The molecule has 3 aromatic heterocycles. The van der Waals surface area contributed by atoms with E-state index in [0.29, 0.717) is 36.2 Å². The number of halogens is 3. The number of benzene rings is 1. The van der Waals surface area contributed by atoms with Gasteiger partial charge in [0.15, 0.2) is 29.3 Å². The number of ether oxygens (including phenoxy) is 1. The van der Waals surface area contributed by atoms with Gasteiger partial charge in [-0.3, -0.25) is 5.32 Å². The number of piperidine rings is 1. The van der Waals surface area contributed by atoms with E-state index in [1.807, 2.05) is 18.7 Å². The van der Waals surface area contributed by atoms with Gasteiger partial charge in [0.25, 0.3) is 0 Å². The number of rotatable bonds is 5. The summed E-state index contributed by atoms with van der Waals surface area (Å²) < 4.78 is 55.7. The van der Waals surface area contributed by atoms with Crippen molar-refractivity contribution in [2.24, 2.45) is 0 Å². The van der Waals surface area contributed by atoms with E-state index in [-0.39, 0.29) is 42.0 Å². The minimum absolute atomic E-state index is 0.108. The van der Waals surface area contributed by atoms with Gasteiger partial charge in [-0.1, -0.05) is 13.8 Å². The standard InChI is InChI=1S/C23H23F3N8O3.C2H6/c1-36-15-6-12(24)11(5-13(15)25)21-31-14(7-34-10-30-16-19(27)28-9-29-20(16)34)22(37-21)33-4-2-3-23(8-33)17(35)18(26)32-23;1-2/h5-6,9-10,17-18,32,35H,2-4,7-8H2,1H3,(H2,27,28,29);1-2H3. The second kappa shape index (κ2) is 10.3. The van der Waals surface area contributed by atoms with Crippen molar-refractivity contribution in [2.75, 3.05) is 30.8 Å². The summed E-state index contributed by atoms with van der Waals surface area (Å²) in [5.74, 6) is -1.46. The van der Waals surface area contributed by atoms with Crippen LogP contribution in [0.4, 0.5) is 24.9 Å². The van der Waals surface area contributed by atoms with Crippen molar-refractivity contribution in [3.63, 3.8) is 0 Å². The van der Waals surface area contributed by atoms with Crippen LogP contribution in [0, 0.1) is 11.6 Å². The van der Waals surface area contributed by atoms with Crippen molar-refractivity contribution < 1.29 is 27.4 Å². The lowest BCUT2D eigenvalue weighted by Crippen LogP contribution is -2.78. The van der Waals surface area contributed by atoms with Gasteiger partial charge in [0.05, 0.1) is 31.1 Å². The van der Waals surface area contributed by atoms with Crippen molar-refractivity contribution >= 4 is 22.9 Å². The van der Waals surface area contributed by atoms with E-state index in [1.54, 1.807) is 4.57 Å². The van der Waals surface area contributed by atoms with E-state index in [2.05, 4.69) is 25.3 Å². The van der Waals surface area contributed by atoms with E-state index in [1.165, 1.54) is 19.8 Å². The zero-order valence-electron chi connectivity index (χ0n) is 21.7. The fourth-order valence-corrected chi connectivity index (χ4v) is 5.07. The summed E-state index contributed by atoms with van der Waals surface area (Å²) in [6.07, 6.45) is 1.35. The predicted octanol–water partition coefficient (Wildman–Crippen LogP) is 3.02. The third-order valence-electron chi connectivity index (χ3n) is 6.98. The number of nitrogen functional groups attached to an aromatic ring is 1. The number of aliphatic hydroxyl groups is 1. The van der Waals surface area contributed by atoms with Crippen LogP contribution in [0.2, 0.25) is 0 Å². The molecule has 2 fully saturated rings. The Kier molecular flexibility index (Phi) is 7.07. The van der Waals surface area contributed by atoms with Crippen molar-refractivity contribution in [1.82, 2.24) is 29.8 Å². The van der Waals surface area contributed by atoms with Crippen molar-refractivity contribution in [3.05, 3.63) is 42.1 Å². The third kappa shape index (κ3) is 4.52. The Balaban J connectivity index is 0.00000151. The number of aliphatic hydroxyl groups excluding tert-OH is 1. The molecule has 4 aromatic rings. The molecule has 2 saturated heterocycles. The Labute approximate surface area is 221 Å². The Morgan fingerprint density at radius 3 is 2.74 bits per heavy atom. The Bertz CT molecular complexity index is 1490. The average Bonchev–Trinajstić information content (AvgIpc) is 3.56. The maximum Gasteiger partial charge on any atom is 0.232 e. The Morgan fingerprint density at radius 2 is 2.03 bits per heavy atom. The highest BCUT2D eigenvalue weighted by Gasteiger charge is 2.55. The highest BCUT2D eigenvalue weighted by molar-refractivity contribution is 5.81. The molecule has 0 bridgehead atoms. The van der Waals surface area contributed by atoms with Gasteiger partial charge in [-0.25, -0.2) is 33.1 Å². The molecule has 14 heteroatoms. The summed E-state index contributed by atoms with van der Waals surface area (Å²) in [5.41, 5.74) is 6.11. The number of methoxy groups -OCH3 is 1. The molecule has 3 atom stereocenters. The molecule has 208 valence electrons. The number of nitrogens with two attached hydrogens (primary N) is 1. The molecule has 11 nitrogen and oxygen atoms in total. The molecule has 0 amide bonds. The quantitative estimate of drug-likeness (QED) is 0.320. The van der Waals surface area contributed by atoms with Gasteiger partial charge in [-0.15, -0.1) is 0 Å². The van der Waals surface area contributed by atoms with Crippen LogP contribution in [0.3, 0.4) is 0 Å². The molecule has 3 unspecified atom stereocenters. The number of alkyl halides is 1. The number of fused-ring (bicyclic) bond motifs is 1. The second-order valence-corrected chi connectivity index (χ2v) is 9.21. The number of anilines is 2. The number of hydrogen-bond donors (Lipinski definition) is 3. The molecule has 2 aliphatic rings. The van der Waals surface area contributed by atoms with Crippen LogP contribution < -0.4 is 20.7 Å². The van der Waals surface area contributed by atoms with Gasteiger partial charge in [-0.05, 0) is 18.9 Å². The number of nitrogens with one attached hydrogen (secondary N) is 1. The number of imidazole rings is 1. The van der Waals surface area contributed by atoms with Gasteiger partial charge in [-0.2, -0.15) is 0 Å². The molecule has 4 N–H and O–H groups in total. The van der Waals surface area contributed by atoms with Crippen LogP contribution in [0.25, 0.3) is 22.6 Å². The summed E-state index contributed by atoms with van der Waals surface area (Å²) in [7, 11) is 1.24. The predicted molar refractivity (Wildman–Crippen MR) is 137 cm³/mol. The highest BCUT2D eigenvalue weighted by Crippen LogP contribution is 2.39. The van der Waals surface area contributed by atoms with E-state index in [9.17, 15) is 18.3 Å². The lowest BCUT2D eigenvalue weighted by atomic mass is 9.77. The molecule has 1 spiro atoms. The minimum atomic E-state index is -1.51. The molecule has 1 aromatic carbocycles. The third-order valence-corrected chi connectivity index (χ3v) is 6.98. The van der Waals surface area contributed by atoms with E-state index < -0.39 is 29.6 Å². The molecule has 5 heterocycles. The fraction of sp³-hybridized carbons (Fsp3) is 0.440. The normalized spacial score (nSPS) is 22.5. The average molecular weight is 547 g/mol. The monoisotopic (exact) mass is 546 g/mol. The Hall–Kier alpha value is -3.91. The van der Waals surface area contributed by atoms with E-state index in [4.69, 9.17) is 14.9 Å². The summed E-state index contributed by atoms with van der Waals surface area (Å²) in [5, 5.41) is 13.1. The summed E-state index contributed by atoms with van der Waals surface area (Å²) >= 11 is 0. The minimum Gasteiger partial charge on any atom is -0.494 e. The molecule has 39 heavy (non-hydrogen) atoms. The SMILES string of the molecule is CC.COc1cc(F)c(-c2nc(Cn3cnc4c(N)ncnc43)c(N3CCCC4(C3)NC(F)C4O)o2)cc1F. The van der Waals surface area contributed by atoms with Crippen LogP contribution in [0.15, 0.2) is 29.2 Å². The fourth-order valence-electron chi connectivity index (χ4n) is 5.07. The second-order valence-electron chi connectivity index (χ2n) is 9.21. The van der Waals surface area contributed by atoms with Crippen LogP contribution in [-0.4, -0.2) is 67.7 Å². The summed E-state index contributed by atoms with van der Waals surface area (Å²) in [6, 6.07) is 1.87. The number of hydrogen-bond acceptors (Lipinski definition) is 10. The van der Waals surface area contributed by atoms with E-state index >= 15 is 0 Å². The van der Waals surface area contributed by atoms with E-state index in [0.717, 1.165) is 12.1 Å². The zero-order valence-corrected chi connectivity index (χ0v) is 21.7. The molecular weight excluding hydrogens is 517 g/mol. The lowest BCUT2D eigenvalue weighted by molar-refractivity contribution is -0.117. The highest BCUT2D eigenvalue weighted by atomic mass is 19.1. The summed E-state index contributed by atoms with van der Waals surface area (Å²) in [4.78, 5) is 18.8. The first kappa shape index (κ1) is 26.7. The first-order valence-corrected chi connectivity index (χ1v) is 12.6. The molecule has 0 aliphatic carbocycles. The lowest BCUT2D eigenvalue weighted by Gasteiger charge is -2.54. The molecule has 0 radical (unpaired) electrons. The smallest absolute Gasteiger partial charge is 0.232 e. The first-order valence-electron chi connectivity index (χ1n) is 12.6. The van der Waals surface area contributed by atoms with Crippen LogP contribution >= 0.6 is 0 Å². The van der Waals surface area contributed by atoms with Crippen molar-refractivity contribution in [1.29, 1.82) is 0 Å². The first-order chi connectivity index (χ1) is 18.8. The van der Waals surface area contributed by atoms with Gasteiger partial charge >= 0.3 is 0 Å². The number of aromatic nitrogens is 5. The maximum absolute atomic E-state index is 14.9. The van der Waals surface area contributed by atoms with Crippen molar-refractivity contribution in [3.8, 4) is 17.2 Å². The topological polar surface area (TPSA) is 140 Å². The van der Waals surface area contributed by atoms with Crippen LogP contribution in [-0.2, 0) is 6.54 Å². The zero-order chi connectivity index (χ0) is 27.9. The van der Waals surface area contributed by atoms with Crippen molar-refractivity contribution in [2.45, 2.75) is 51.2 Å². The number of oxazole rings is 1. The van der Waals surface area contributed by atoms with Gasteiger partial charge in [0, 0.05) is 19.2 Å². The van der Waals surface area contributed by atoms with Crippen LogP contribution in [0.5, 0.6) is 5.75 Å². The van der Waals surface area contributed by atoms with Crippen LogP contribution in [0.1, 0.15) is 32.4 Å². The van der Waals surface area contributed by atoms with Gasteiger partial charge < -0.3 is 29.5 Å². The molecule has 6 rings (SSSR count). The van der Waals surface area contributed by atoms with Gasteiger partial charge in [0.2, 0.25) is 11.8 Å². The molecule has 0 saturated carbocycles. The Morgan fingerprint density at radius 1 is 1.23 bits per heavy atom.